The van der Waals surface area contributed by atoms with Gasteiger partial charge in [0.1, 0.15) is 6.10 Å². The molecule has 2 aliphatic rings. The number of anilines is 2. The molecule has 0 unspecified atom stereocenters. The van der Waals surface area contributed by atoms with Crippen LogP contribution in [0.25, 0.3) is 0 Å². The molecule has 1 aliphatic heterocycles. The molecule has 1 saturated carbocycles. The monoisotopic (exact) mass is 319 g/mol. The van der Waals surface area contributed by atoms with E-state index in [1.54, 1.807) is 6.08 Å². The van der Waals surface area contributed by atoms with Crippen molar-refractivity contribution in [1.29, 1.82) is 0 Å². The van der Waals surface area contributed by atoms with E-state index in [0.717, 1.165) is 25.9 Å². The zero-order valence-corrected chi connectivity index (χ0v) is 13.5. The van der Waals surface area contributed by atoms with Gasteiger partial charge in [0.25, 0.3) is 0 Å². The molecule has 1 N–H and O–H groups in total. The summed E-state index contributed by atoms with van der Waals surface area (Å²) in [4.78, 5) is 15.5. The van der Waals surface area contributed by atoms with Crippen LogP contribution >= 0.6 is 0 Å². The Kier molecular flexibility index (Phi) is 5.63. The third-order valence-corrected chi connectivity index (χ3v) is 4.13. The summed E-state index contributed by atoms with van der Waals surface area (Å²) >= 11 is 0. The van der Waals surface area contributed by atoms with Crippen LogP contribution in [-0.2, 0) is 4.74 Å². The standard InChI is InChI=1S/C16H25N5O2/c1-2-8-17-14-18-15(21-9-11-22-12-10-21)20-16(19-14)23-13-6-4-3-5-7-13/h2,13H,1,3-12H2,(H,17,18,19,20). The van der Waals surface area contributed by atoms with Gasteiger partial charge in [-0.2, -0.15) is 15.0 Å². The second kappa shape index (κ2) is 8.10. The van der Waals surface area contributed by atoms with E-state index in [4.69, 9.17) is 9.47 Å². The Balaban J connectivity index is 1.76. The molecule has 7 heteroatoms. The SMILES string of the molecule is C=CCNc1nc(OC2CCCCC2)nc(N2CCOCC2)n1. The molecule has 1 saturated heterocycles. The lowest BCUT2D eigenvalue weighted by Crippen LogP contribution is -2.37. The Hall–Kier alpha value is -1.89. The van der Waals surface area contributed by atoms with E-state index in [0.29, 0.717) is 37.7 Å². The summed E-state index contributed by atoms with van der Waals surface area (Å²) < 4.78 is 11.4. The van der Waals surface area contributed by atoms with Crippen LogP contribution in [0.2, 0.25) is 0 Å². The normalized spacial score (nSPS) is 19.4. The maximum Gasteiger partial charge on any atom is 0.323 e. The Morgan fingerprint density at radius 2 is 1.96 bits per heavy atom. The third-order valence-electron chi connectivity index (χ3n) is 4.13. The zero-order valence-electron chi connectivity index (χ0n) is 13.5. The van der Waals surface area contributed by atoms with Crippen molar-refractivity contribution in [3.05, 3.63) is 12.7 Å². The fourth-order valence-electron chi connectivity index (χ4n) is 2.88. The third kappa shape index (κ3) is 4.54. The second-order valence-electron chi connectivity index (χ2n) is 5.89. The number of hydrogen-bond donors (Lipinski definition) is 1. The van der Waals surface area contributed by atoms with Crippen molar-refractivity contribution in [2.45, 2.75) is 38.2 Å². The maximum atomic E-state index is 6.02. The van der Waals surface area contributed by atoms with Crippen molar-refractivity contribution in [2.75, 3.05) is 43.1 Å². The van der Waals surface area contributed by atoms with Crippen LogP contribution in [0.4, 0.5) is 11.9 Å². The topological polar surface area (TPSA) is 72.4 Å². The molecule has 7 nitrogen and oxygen atoms in total. The van der Waals surface area contributed by atoms with E-state index in [1.807, 2.05) is 0 Å². The number of ether oxygens (including phenoxy) is 2. The van der Waals surface area contributed by atoms with Crippen LogP contribution in [0, 0.1) is 0 Å². The first-order valence-electron chi connectivity index (χ1n) is 8.45. The van der Waals surface area contributed by atoms with Gasteiger partial charge in [0.15, 0.2) is 0 Å². The molecule has 0 amide bonds. The van der Waals surface area contributed by atoms with Crippen LogP contribution < -0.4 is 15.0 Å². The predicted octanol–water partition coefficient (Wildman–Crippen LogP) is 2.02. The highest BCUT2D eigenvalue weighted by molar-refractivity contribution is 5.39. The first-order valence-corrected chi connectivity index (χ1v) is 8.45. The zero-order chi connectivity index (χ0) is 15.9. The van der Waals surface area contributed by atoms with Crippen molar-refractivity contribution >= 4 is 11.9 Å². The fraction of sp³-hybridized carbons (Fsp3) is 0.688. The van der Waals surface area contributed by atoms with Crippen LogP contribution in [0.1, 0.15) is 32.1 Å². The molecule has 2 fully saturated rings. The minimum Gasteiger partial charge on any atom is -0.460 e. The van der Waals surface area contributed by atoms with Gasteiger partial charge in [-0.25, -0.2) is 0 Å². The highest BCUT2D eigenvalue weighted by Crippen LogP contribution is 2.23. The van der Waals surface area contributed by atoms with E-state index in [9.17, 15) is 0 Å². The van der Waals surface area contributed by atoms with Gasteiger partial charge in [0, 0.05) is 19.6 Å². The molecule has 2 heterocycles. The molecule has 0 radical (unpaired) electrons. The van der Waals surface area contributed by atoms with Crippen molar-refractivity contribution in [3.8, 4) is 6.01 Å². The summed E-state index contributed by atoms with van der Waals surface area (Å²) in [7, 11) is 0. The lowest BCUT2D eigenvalue weighted by atomic mass is 9.98. The van der Waals surface area contributed by atoms with Gasteiger partial charge >= 0.3 is 6.01 Å². The number of morpholine rings is 1. The lowest BCUT2D eigenvalue weighted by Gasteiger charge is -2.27. The molecular formula is C16H25N5O2. The van der Waals surface area contributed by atoms with Crippen molar-refractivity contribution in [3.63, 3.8) is 0 Å². The molecule has 1 aromatic rings. The number of hydrogen-bond acceptors (Lipinski definition) is 7. The number of nitrogens with one attached hydrogen (secondary N) is 1. The van der Waals surface area contributed by atoms with Gasteiger partial charge in [-0.05, 0) is 25.7 Å². The van der Waals surface area contributed by atoms with Crippen molar-refractivity contribution < 1.29 is 9.47 Å². The van der Waals surface area contributed by atoms with Crippen LogP contribution in [-0.4, -0.2) is 53.9 Å². The Bertz CT molecular complexity index is 513. The summed E-state index contributed by atoms with van der Waals surface area (Å²) in [5.74, 6) is 1.19. The molecule has 126 valence electrons. The largest absolute Gasteiger partial charge is 0.460 e. The molecule has 0 aromatic carbocycles. The Labute approximate surface area is 137 Å². The summed E-state index contributed by atoms with van der Waals surface area (Å²) in [6, 6.07) is 0.417. The quantitative estimate of drug-likeness (QED) is 0.804. The first-order chi connectivity index (χ1) is 11.3. The molecule has 0 bridgehead atoms. The number of aromatic nitrogens is 3. The summed E-state index contributed by atoms with van der Waals surface area (Å²) in [6.45, 7) is 7.28. The summed E-state index contributed by atoms with van der Waals surface area (Å²) in [5, 5.41) is 3.13. The molecule has 0 atom stereocenters. The average Bonchev–Trinajstić information content (AvgIpc) is 2.61. The van der Waals surface area contributed by atoms with E-state index in [-0.39, 0.29) is 6.10 Å². The van der Waals surface area contributed by atoms with Gasteiger partial charge in [0.05, 0.1) is 13.2 Å². The van der Waals surface area contributed by atoms with Crippen molar-refractivity contribution in [1.82, 2.24) is 15.0 Å². The highest BCUT2D eigenvalue weighted by Gasteiger charge is 2.20. The number of nitrogens with zero attached hydrogens (tertiary/aromatic N) is 4. The van der Waals surface area contributed by atoms with Gasteiger partial charge in [0.2, 0.25) is 11.9 Å². The summed E-state index contributed by atoms with van der Waals surface area (Å²) in [6.07, 6.45) is 7.88. The molecule has 3 rings (SSSR count). The van der Waals surface area contributed by atoms with E-state index in [1.165, 1.54) is 19.3 Å². The van der Waals surface area contributed by atoms with E-state index >= 15 is 0 Å². The van der Waals surface area contributed by atoms with E-state index < -0.39 is 0 Å². The Morgan fingerprint density at radius 3 is 2.70 bits per heavy atom. The fourth-order valence-corrected chi connectivity index (χ4v) is 2.88. The minimum absolute atomic E-state index is 0.218. The highest BCUT2D eigenvalue weighted by atomic mass is 16.5. The van der Waals surface area contributed by atoms with Crippen LogP contribution in [0.5, 0.6) is 6.01 Å². The summed E-state index contributed by atoms with van der Waals surface area (Å²) in [5.41, 5.74) is 0. The van der Waals surface area contributed by atoms with Gasteiger partial charge in [-0.3, -0.25) is 0 Å². The molecule has 1 aliphatic carbocycles. The van der Waals surface area contributed by atoms with Crippen LogP contribution in [0.15, 0.2) is 12.7 Å². The average molecular weight is 319 g/mol. The Morgan fingerprint density at radius 1 is 1.17 bits per heavy atom. The maximum absolute atomic E-state index is 6.02. The van der Waals surface area contributed by atoms with Gasteiger partial charge in [-0.15, -0.1) is 6.58 Å². The predicted molar refractivity (Wildman–Crippen MR) is 89.0 cm³/mol. The molecular weight excluding hydrogens is 294 g/mol. The van der Waals surface area contributed by atoms with Crippen LogP contribution in [0.3, 0.4) is 0 Å². The minimum atomic E-state index is 0.218. The lowest BCUT2D eigenvalue weighted by molar-refractivity contribution is 0.121. The molecule has 23 heavy (non-hydrogen) atoms. The number of rotatable bonds is 6. The molecule has 0 spiro atoms. The van der Waals surface area contributed by atoms with E-state index in [2.05, 4.69) is 31.7 Å². The molecule has 1 aromatic heterocycles. The van der Waals surface area contributed by atoms with Gasteiger partial charge < -0.3 is 19.7 Å². The first kappa shape index (κ1) is 16.0. The second-order valence-corrected chi connectivity index (χ2v) is 5.89. The smallest absolute Gasteiger partial charge is 0.323 e. The van der Waals surface area contributed by atoms with Gasteiger partial charge in [-0.1, -0.05) is 12.5 Å². The van der Waals surface area contributed by atoms with Crippen molar-refractivity contribution in [2.24, 2.45) is 0 Å².